The maximum absolute atomic E-state index is 12.5. The van der Waals surface area contributed by atoms with Crippen LogP contribution in [0.15, 0.2) is 48.5 Å². The molecule has 5 nitrogen and oxygen atoms in total. The summed E-state index contributed by atoms with van der Waals surface area (Å²) < 4.78 is 5.77. The lowest BCUT2D eigenvalue weighted by atomic mass is 10.0. The van der Waals surface area contributed by atoms with Crippen LogP contribution in [0.3, 0.4) is 0 Å². The van der Waals surface area contributed by atoms with Crippen molar-refractivity contribution in [2.24, 2.45) is 0 Å². The van der Waals surface area contributed by atoms with Crippen molar-refractivity contribution < 1.29 is 14.3 Å². The van der Waals surface area contributed by atoms with Crippen LogP contribution in [0.2, 0.25) is 5.02 Å². The lowest BCUT2D eigenvalue weighted by molar-refractivity contribution is -0.132. The van der Waals surface area contributed by atoms with Crippen molar-refractivity contribution in [2.45, 2.75) is 25.5 Å². The minimum atomic E-state index is -0.161. The summed E-state index contributed by atoms with van der Waals surface area (Å²) in [6.45, 7) is 0.913. The van der Waals surface area contributed by atoms with E-state index in [0.29, 0.717) is 42.3 Å². The van der Waals surface area contributed by atoms with Gasteiger partial charge in [0.25, 0.3) is 5.91 Å². The Morgan fingerprint density at radius 3 is 2.85 bits per heavy atom. The molecule has 0 spiro atoms. The molecule has 6 heteroatoms. The number of halogens is 1. The van der Waals surface area contributed by atoms with Crippen LogP contribution in [0, 0.1) is 0 Å². The number of likely N-dealkylation sites (tertiary alicyclic amines) is 1. The number of piperidine rings is 1. The first-order valence-corrected chi connectivity index (χ1v) is 8.91. The zero-order chi connectivity index (χ0) is 18.5. The molecule has 1 unspecified atom stereocenters. The van der Waals surface area contributed by atoms with Gasteiger partial charge >= 0.3 is 0 Å². The molecule has 3 rings (SSSR count). The van der Waals surface area contributed by atoms with Crippen LogP contribution in [0.4, 0.5) is 0 Å². The molecule has 2 aromatic carbocycles. The van der Waals surface area contributed by atoms with Gasteiger partial charge in [-0.1, -0.05) is 29.8 Å². The summed E-state index contributed by atoms with van der Waals surface area (Å²) in [6, 6.07) is 14.5. The Kier molecular flexibility index (Phi) is 5.78. The van der Waals surface area contributed by atoms with Crippen LogP contribution < -0.4 is 10.1 Å². The molecule has 2 amide bonds. The van der Waals surface area contributed by atoms with Gasteiger partial charge in [-0.05, 0) is 42.3 Å². The highest BCUT2D eigenvalue weighted by atomic mass is 35.5. The predicted molar refractivity (Wildman–Crippen MR) is 100 cm³/mol. The van der Waals surface area contributed by atoms with E-state index in [1.54, 1.807) is 30.1 Å². The molecule has 0 bridgehead atoms. The van der Waals surface area contributed by atoms with E-state index in [4.69, 9.17) is 16.3 Å². The second-order valence-corrected chi connectivity index (χ2v) is 6.87. The Morgan fingerprint density at radius 2 is 2.08 bits per heavy atom. The second-order valence-electron chi connectivity index (χ2n) is 6.43. The quantitative estimate of drug-likeness (QED) is 0.876. The van der Waals surface area contributed by atoms with Crippen LogP contribution in [0.1, 0.15) is 28.8 Å². The van der Waals surface area contributed by atoms with Crippen molar-refractivity contribution in [3.8, 4) is 5.75 Å². The number of rotatable bonds is 5. The highest BCUT2D eigenvalue weighted by molar-refractivity contribution is 6.30. The summed E-state index contributed by atoms with van der Waals surface area (Å²) in [5.74, 6) is 0.575. The highest BCUT2D eigenvalue weighted by Gasteiger charge is 2.24. The van der Waals surface area contributed by atoms with Crippen molar-refractivity contribution in [2.75, 3.05) is 13.6 Å². The Bertz CT molecular complexity index is 809. The van der Waals surface area contributed by atoms with Gasteiger partial charge in [-0.3, -0.25) is 9.59 Å². The number of benzene rings is 2. The summed E-state index contributed by atoms with van der Waals surface area (Å²) in [6.07, 6.45) is 1.13. The number of carbonyl (C=O) groups excluding carboxylic acids is 2. The largest absolute Gasteiger partial charge is 0.489 e. The molecule has 0 saturated carbocycles. The molecule has 1 heterocycles. The molecule has 26 heavy (non-hydrogen) atoms. The lowest BCUT2D eigenvalue weighted by Crippen LogP contribution is -2.48. The monoisotopic (exact) mass is 372 g/mol. The van der Waals surface area contributed by atoms with Crippen LogP contribution in [0.5, 0.6) is 5.75 Å². The Labute approximate surface area is 157 Å². The first-order chi connectivity index (χ1) is 12.5. The Balaban J connectivity index is 1.59. The topological polar surface area (TPSA) is 58.6 Å². The number of hydrogen-bond donors (Lipinski definition) is 1. The highest BCUT2D eigenvalue weighted by Crippen LogP contribution is 2.18. The number of amides is 2. The van der Waals surface area contributed by atoms with Gasteiger partial charge in [0.15, 0.2) is 0 Å². The number of nitrogens with zero attached hydrogens (tertiary/aromatic N) is 1. The van der Waals surface area contributed by atoms with Gasteiger partial charge < -0.3 is 15.0 Å². The molecule has 2 aromatic rings. The molecular weight excluding hydrogens is 352 g/mol. The minimum Gasteiger partial charge on any atom is -0.489 e. The fourth-order valence-corrected chi connectivity index (χ4v) is 3.13. The fraction of sp³-hybridized carbons (Fsp3) is 0.300. The molecular formula is C20H21ClN2O3. The molecule has 0 aliphatic carbocycles. The van der Waals surface area contributed by atoms with Crippen LogP contribution >= 0.6 is 11.6 Å². The zero-order valence-corrected chi connectivity index (χ0v) is 15.3. The van der Waals surface area contributed by atoms with Gasteiger partial charge in [0.1, 0.15) is 12.4 Å². The van der Waals surface area contributed by atoms with Crippen molar-refractivity contribution in [3.63, 3.8) is 0 Å². The SMILES string of the molecule is CN1CC(NC(=O)c2cccc(OCc3cccc(Cl)c3)c2)CCC1=O. The van der Waals surface area contributed by atoms with Crippen molar-refractivity contribution >= 4 is 23.4 Å². The number of ether oxygens (including phenoxy) is 1. The predicted octanol–water partition coefficient (Wildman–Crippen LogP) is 3.27. The average Bonchev–Trinajstić information content (AvgIpc) is 2.63. The lowest BCUT2D eigenvalue weighted by Gasteiger charge is -2.30. The zero-order valence-electron chi connectivity index (χ0n) is 14.6. The number of carbonyl (C=O) groups is 2. The first-order valence-electron chi connectivity index (χ1n) is 8.53. The van der Waals surface area contributed by atoms with Gasteiger partial charge in [0, 0.05) is 36.6 Å². The molecule has 0 aromatic heterocycles. The van der Waals surface area contributed by atoms with E-state index in [0.717, 1.165) is 5.56 Å². The third-order valence-corrected chi connectivity index (χ3v) is 4.59. The second kappa shape index (κ2) is 8.23. The van der Waals surface area contributed by atoms with Crippen LogP contribution in [-0.2, 0) is 11.4 Å². The molecule has 1 atom stereocenters. The molecule has 1 aliphatic heterocycles. The Hall–Kier alpha value is -2.53. The minimum absolute atomic E-state index is 0.0266. The van der Waals surface area contributed by atoms with E-state index in [-0.39, 0.29) is 17.9 Å². The summed E-state index contributed by atoms with van der Waals surface area (Å²) in [5, 5.41) is 3.65. The van der Waals surface area contributed by atoms with Crippen LogP contribution in [0.25, 0.3) is 0 Å². The molecule has 1 aliphatic rings. The maximum Gasteiger partial charge on any atom is 0.251 e. The summed E-state index contributed by atoms with van der Waals surface area (Å²) in [7, 11) is 1.75. The standard InChI is InChI=1S/C20H21ClN2O3/c1-23-12-17(8-9-19(23)24)22-20(25)15-5-3-7-18(11-15)26-13-14-4-2-6-16(21)10-14/h2-7,10-11,17H,8-9,12-13H2,1H3,(H,22,25). The van der Waals surface area contributed by atoms with Crippen molar-refractivity contribution in [1.82, 2.24) is 10.2 Å². The first kappa shape index (κ1) is 18.3. The third kappa shape index (κ3) is 4.76. The van der Waals surface area contributed by atoms with Gasteiger partial charge in [0.2, 0.25) is 5.91 Å². The maximum atomic E-state index is 12.5. The molecule has 1 saturated heterocycles. The average molecular weight is 373 g/mol. The van der Waals surface area contributed by atoms with Crippen LogP contribution in [-0.4, -0.2) is 36.3 Å². The molecule has 1 N–H and O–H groups in total. The Morgan fingerprint density at radius 1 is 1.27 bits per heavy atom. The van der Waals surface area contributed by atoms with E-state index in [9.17, 15) is 9.59 Å². The van der Waals surface area contributed by atoms with E-state index < -0.39 is 0 Å². The van der Waals surface area contributed by atoms with Gasteiger partial charge in [0.05, 0.1) is 0 Å². The summed E-state index contributed by atoms with van der Waals surface area (Å²) in [4.78, 5) is 25.7. The molecule has 136 valence electrons. The fourth-order valence-electron chi connectivity index (χ4n) is 2.92. The number of hydrogen-bond acceptors (Lipinski definition) is 3. The normalized spacial score (nSPS) is 17.1. The van der Waals surface area contributed by atoms with E-state index in [1.165, 1.54) is 0 Å². The van der Waals surface area contributed by atoms with Gasteiger partial charge in [-0.15, -0.1) is 0 Å². The van der Waals surface area contributed by atoms with E-state index in [1.807, 2.05) is 30.3 Å². The molecule has 0 radical (unpaired) electrons. The van der Waals surface area contributed by atoms with Gasteiger partial charge in [-0.2, -0.15) is 0 Å². The smallest absolute Gasteiger partial charge is 0.251 e. The van der Waals surface area contributed by atoms with E-state index >= 15 is 0 Å². The number of likely N-dealkylation sites (N-methyl/N-ethyl adjacent to an activating group) is 1. The molecule has 1 fully saturated rings. The summed E-state index contributed by atoms with van der Waals surface area (Å²) in [5.41, 5.74) is 1.50. The summed E-state index contributed by atoms with van der Waals surface area (Å²) >= 11 is 5.97. The van der Waals surface area contributed by atoms with Gasteiger partial charge in [-0.25, -0.2) is 0 Å². The third-order valence-electron chi connectivity index (χ3n) is 4.35. The van der Waals surface area contributed by atoms with Crippen molar-refractivity contribution in [3.05, 3.63) is 64.7 Å². The number of nitrogens with one attached hydrogen (secondary N) is 1. The van der Waals surface area contributed by atoms with Crippen molar-refractivity contribution in [1.29, 1.82) is 0 Å². The van der Waals surface area contributed by atoms with E-state index in [2.05, 4.69) is 5.32 Å².